The number of benzene rings is 2. The molecule has 32 heavy (non-hydrogen) atoms. The van der Waals surface area contributed by atoms with Crippen molar-refractivity contribution in [1.82, 2.24) is 5.32 Å². The predicted octanol–water partition coefficient (Wildman–Crippen LogP) is 2.10. The molecule has 0 aliphatic carbocycles. The first-order valence-corrected chi connectivity index (χ1v) is 9.54. The Labute approximate surface area is 182 Å². The summed E-state index contributed by atoms with van der Waals surface area (Å²) in [6.07, 6.45) is -0.0243. The first-order valence-electron chi connectivity index (χ1n) is 9.54. The summed E-state index contributed by atoms with van der Waals surface area (Å²) >= 11 is 0. The van der Waals surface area contributed by atoms with Crippen LogP contribution in [-0.2, 0) is 20.7 Å². The Morgan fingerprint density at radius 1 is 0.969 bits per heavy atom. The van der Waals surface area contributed by atoms with E-state index in [0.29, 0.717) is 16.7 Å². The second-order valence-electron chi connectivity index (χ2n) is 6.78. The minimum Gasteiger partial charge on any atom is -0.497 e. The van der Waals surface area contributed by atoms with Gasteiger partial charge in [-0.3, -0.25) is 4.79 Å². The summed E-state index contributed by atoms with van der Waals surface area (Å²) in [5.41, 5.74) is 0.506. The summed E-state index contributed by atoms with van der Waals surface area (Å²) in [6, 6.07) is 11.0. The largest absolute Gasteiger partial charge is 0.497 e. The number of ether oxygens (including phenoxy) is 3. The molecular formula is C23H21NO8. The summed E-state index contributed by atoms with van der Waals surface area (Å²) in [4.78, 5) is 48.9. The molecule has 0 fully saturated rings. The van der Waals surface area contributed by atoms with Crippen molar-refractivity contribution in [1.29, 1.82) is 0 Å². The molecule has 0 bridgehead atoms. The van der Waals surface area contributed by atoms with Crippen LogP contribution in [0.1, 0.15) is 26.3 Å². The van der Waals surface area contributed by atoms with Gasteiger partial charge in [0.15, 0.2) is 0 Å². The second-order valence-corrected chi connectivity index (χ2v) is 6.78. The molecule has 3 aromatic rings. The number of carbonyl (C=O) groups excluding carboxylic acids is 3. The van der Waals surface area contributed by atoms with Gasteiger partial charge in [0.1, 0.15) is 17.4 Å². The van der Waals surface area contributed by atoms with E-state index in [1.165, 1.54) is 51.7 Å². The molecule has 0 saturated carbocycles. The molecule has 1 atom stereocenters. The fraction of sp³-hybridized carbons (Fsp3) is 0.217. The van der Waals surface area contributed by atoms with Gasteiger partial charge < -0.3 is 23.9 Å². The number of hydrogen-bond acceptors (Lipinski definition) is 8. The fourth-order valence-electron chi connectivity index (χ4n) is 3.21. The van der Waals surface area contributed by atoms with Gasteiger partial charge in [-0.05, 0) is 35.9 Å². The summed E-state index contributed by atoms with van der Waals surface area (Å²) < 4.78 is 19.9. The van der Waals surface area contributed by atoms with Crippen molar-refractivity contribution in [2.45, 2.75) is 12.5 Å². The van der Waals surface area contributed by atoms with E-state index in [1.807, 2.05) is 0 Å². The van der Waals surface area contributed by atoms with Gasteiger partial charge in [0.05, 0.1) is 26.9 Å². The maximum Gasteiger partial charge on any atom is 0.337 e. The number of methoxy groups -OCH3 is 3. The number of esters is 2. The third kappa shape index (κ3) is 4.94. The normalized spacial score (nSPS) is 11.5. The minimum atomic E-state index is -1.10. The Morgan fingerprint density at radius 2 is 1.72 bits per heavy atom. The van der Waals surface area contributed by atoms with Gasteiger partial charge in [0.25, 0.3) is 5.91 Å². The van der Waals surface area contributed by atoms with Crippen molar-refractivity contribution in [3.8, 4) is 5.75 Å². The lowest BCUT2D eigenvalue weighted by Crippen LogP contribution is -2.43. The molecule has 1 heterocycles. The van der Waals surface area contributed by atoms with E-state index in [4.69, 9.17) is 13.9 Å². The van der Waals surface area contributed by atoms with Crippen molar-refractivity contribution >= 4 is 28.8 Å². The van der Waals surface area contributed by atoms with Gasteiger partial charge in [-0.2, -0.15) is 0 Å². The van der Waals surface area contributed by atoms with E-state index >= 15 is 0 Å². The number of rotatable bonds is 7. The van der Waals surface area contributed by atoms with E-state index < -0.39 is 29.5 Å². The first-order chi connectivity index (χ1) is 15.4. The smallest absolute Gasteiger partial charge is 0.337 e. The van der Waals surface area contributed by atoms with Crippen LogP contribution >= 0.6 is 0 Å². The Balaban J connectivity index is 1.92. The average molecular weight is 439 g/mol. The standard InChI is InChI=1S/C23H21NO8/c1-29-16-7-8-17-15(11-20(25)32-19(17)12-16)10-18(23(28)31-3)24-21(26)13-5-4-6-14(9-13)22(27)30-2/h4-9,11-12,18H,10H2,1-3H3,(H,24,26)/t18-/m1/s1. The van der Waals surface area contributed by atoms with Crippen LogP contribution in [0.5, 0.6) is 5.75 Å². The van der Waals surface area contributed by atoms with E-state index in [1.54, 1.807) is 18.2 Å². The molecule has 2 aromatic carbocycles. The van der Waals surface area contributed by atoms with Crippen molar-refractivity contribution < 1.29 is 33.0 Å². The van der Waals surface area contributed by atoms with E-state index in [9.17, 15) is 19.2 Å². The molecule has 1 aromatic heterocycles. The molecule has 0 unspecified atom stereocenters. The Bertz CT molecular complexity index is 1230. The quantitative estimate of drug-likeness (QED) is 0.439. The van der Waals surface area contributed by atoms with E-state index in [0.717, 1.165) is 0 Å². The molecule has 1 amide bonds. The topological polar surface area (TPSA) is 121 Å². The van der Waals surface area contributed by atoms with Crippen LogP contribution in [0.15, 0.2) is 57.7 Å². The molecule has 0 spiro atoms. The maximum atomic E-state index is 12.8. The van der Waals surface area contributed by atoms with Crippen molar-refractivity contribution in [2.75, 3.05) is 21.3 Å². The number of carbonyl (C=O) groups is 3. The zero-order valence-corrected chi connectivity index (χ0v) is 17.7. The van der Waals surface area contributed by atoms with E-state index in [2.05, 4.69) is 10.1 Å². The number of amides is 1. The van der Waals surface area contributed by atoms with E-state index in [-0.39, 0.29) is 23.1 Å². The number of hydrogen-bond donors (Lipinski definition) is 1. The van der Waals surface area contributed by atoms with Gasteiger partial charge in [-0.25, -0.2) is 14.4 Å². The third-order valence-electron chi connectivity index (χ3n) is 4.80. The molecule has 0 radical (unpaired) electrons. The van der Waals surface area contributed by atoms with Crippen LogP contribution in [0.4, 0.5) is 0 Å². The average Bonchev–Trinajstić information content (AvgIpc) is 2.81. The monoisotopic (exact) mass is 439 g/mol. The highest BCUT2D eigenvalue weighted by molar-refractivity contribution is 5.99. The van der Waals surface area contributed by atoms with Crippen LogP contribution in [0.3, 0.4) is 0 Å². The molecule has 0 saturated heterocycles. The highest BCUT2D eigenvalue weighted by atomic mass is 16.5. The van der Waals surface area contributed by atoms with Crippen LogP contribution in [0.25, 0.3) is 11.0 Å². The molecule has 0 aliphatic rings. The van der Waals surface area contributed by atoms with Crippen molar-refractivity contribution in [2.24, 2.45) is 0 Å². The zero-order valence-electron chi connectivity index (χ0n) is 17.7. The molecule has 0 aliphatic heterocycles. The Hall–Kier alpha value is -4.14. The van der Waals surface area contributed by atoms with Crippen molar-refractivity contribution in [3.63, 3.8) is 0 Å². The zero-order chi connectivity index (χ0) is 23.3. The van der Waals surface area contributed by atoms with Gasteiger partial charge in [0, 0.05) is 29.5 Å². The van der Waals surface area contributed by atoms with Gasteiger partial charge in [0.2, 0.25) is 0 Å². The van der Waals surface area contributed by atoms with Crippen LogP contribution in [-0.4, -0.2) is 45.2 Å². The van der Waals surface area contributed by atoms with Gasteiger partial charge in [-0.15, -0.1) is 0 Å². The third-order valence-corrected chi connectivity index (χ3v) is 4.80. The SMILES string of the molecule is COC(=O)c1cccc(C(=O)N[C@H](Cc2cc(=O)oc3cc(OC)ccc23)C(=O)OC)c1. The van der Waals surface area contributed by atoms with Crippen molar-refractivity contribution in [3.05, 3.63) is 75.6 Å². The molecular weight excluding hydrogens is 418 g/mol. The van der Waals surface area contributed by atoms with Gasteiger partial charge in [-0.1, -0.05) is 6.07 Å². The molecule has 9 heteroatoms. The summed E-state index contributed by atoms with van der Waals surface area (Å²) in [5.74, 6) is -1.39. The van der Waals surface area contributed by atoms with Crippen LogP contribution in [0, 0.1) is 0 Å². The Morgan fingerprint density at radius 3 is 2.41 bits per heavy atom. The number of nitrogens with one attached hydrogen (secondary N) is 1. The minimum absolute atomic E-state index is 0.0243. The highest BCUT2D eigenvalue weighted by Crippen LogP contribution is 2.23. The Kier molecular flexibility index (Phi) is 6.89. The number of fused-ring (bicyclic) bond motifs is 1. The van der Waals surface area contributed by atoms with Crippen LogP contribution in [0.2, 0.25) is 0 Å². The predicted molar refractivity (Wildman–Crippen MR) is 114 cm³/mol. The van der Waals surface area contributed by atoms with Gasteiger partial charge >= 0.3 is 17.6 Å². The summed E-state index contributed by atoms with van der Waals surface area (Å²) in [6.45, 7) is 0. The lowest BCUT2D eigenvalue weighted by molar-refractivity contribution is -0.142. The van der Waals surface area contributed by atoms with Crippen LogP contribution < -0.4 is 15.7 Å². The lowest BCUT2D eigenvalue weighted by Gasteiger charge is -2.17. The first kappa shape index (κ1) is 22.5. The highest BCUT2D eigenvalue weighted by Gasteiger charge is 2.24. The summed E-state index contributed by atoms with van der Waals surface area (Å²) in [7, 11) is 3.92. The lowest BCUT2D eigenvalue weighted by atomic mass is 10.0. The molecule has 9 nitrogen and oxygen atoms in total. The maximum absolute atomic E-state index is 12.8. The molecule has 3 rings (SSSR count). The fourth-order valence-corrected chi connectivity index (χ4v) is 3.21. The molecule has 166 valence electrons. The molecule has 1 N–H and O–H groups in total. The second kappa shape index (κ2) is 9.78. The summed E-state index contributed by atoms with van der Waals surface area (Å²) in [5, 5.41) is 3.18.